The number of hydrogen-bond acceptors (Lipinski definition) is 6. The van der Waals surface area contributed by atoms with Crippen molar-refractivity contribution in [3.8, 4) is 11.4 Å². The molecule has 0 aliphatic carbocycles. The van der Waals surface area contributed by atoms with Gasteiger partial charge in [0.1, 0.15) is 12.1 Å². The molecule has 0 saturated heterocycles. The van der Waals surface area contributed by atoms with E-state index in [9.17, 15) is 9.59 Å². The van der Waals surface area contributed by atoms with E-state index in [1.165, 1.54) is 0 Å². The first kappa shape index (κ1) is 24.9. The smallest absolute Gasteiger partial charge is 0.305 e. The number of aromatic nitrogens is 3. The highest BCUT2D eigenvalue weighted by molar-refractivity contribution is 5.97. The van der Waals surface area contributed by atoms with Crippen molar-refractivity contribution in [2.45, 2.75) is 45.8 Å². The topological polar surface area (TPSA) is 95.3 Å². The monoisotopic (exact) mass is 486 g/mol. The van der Waals surface area contributed by atoms with E-state index in [1.54, 1.807) is 37.8 Å². The van der Waals surface area contributed by atoms with Gasteiger partial charge in [0.05, 0.1) is 23.7 Å². The second-order valence-corrected chi connectivity index (χ2v) is 8.35. The molecule has 1 unspecified atom stereocenters. The molecule has 8 heteroatoms. The zero-order chi connectivity index (χ0) is 25.3. The molecule has 2 heterocycles. The lowest BCUT2D eigenvalue weighted by atomic mass is 10.1. The number of amides is 1. The predicted molar refractivity (Wildman–Crippen MR) is 137 cm³/mol. The maximum atomic E-state index is 12.6. The highest BCUT2D eigenvalue weighted by Crippen LogP contribution is 2.23. The fraction of sp³-hybridized carbons (Fsp3) is 0.286. The van der Waals surface area contributed by atoms with E-state index in [1.807, 2.05) is 54.0 Å². The minimum atomic E-state index is -0.198. The lowest BCUT2D eigenvalue weighted by Crippen LogP contribution is -2.22. The van der Waals surface area contributed by atoms with Gasteiger partial charge in [-0.2, -0.15) is 0 Å². The van der Waals surface area contributed by atoms with Crippen LogP contribution in [0.25, 0.3) is 16.7 Å². The number of imidazole rings is 1. The van der Waals surface area contributed by atoms with Crippen LogP contribution in [-0.4, -0.2) is 39.1 Å². The van der Waals surface area contributed by atoms with Gasteiger partial charge in [-0.1, -0.05) is 13.0 Å². The van der Waals surface area contributed by atoms with Gasteiger partial charge in [-0.05, 0) is 73.9 Å². The molecule has 0 aliphatic heterocycles. The summed E-state index contributed by atoms with van der Waals surface area (Å²) >= 11 is 0. The normalized spacial score (nSPS) is 11.7. The number of hydrogen-bond donors (Lipinski definition) is 1. The minimum absolute atomic E-state index is 0.0583. The SMILES string of the molecule is CCOC(=O)CCC(CC)Oc1ccc(-n2cnc3cc(C(=O)NCc4cccnc4)ccc32)cc1. The molecule has 4 rings (SSSR count). The number of esters is 1. The summed E-state index contributed by atoms with van der Waals surface area (Å²) in [7, 11) is 0. The zero-order valence-corrected chi connectivity index (χ0v) is 20.5. The molecule has 0 aliphatic rings. The Morgan fingerprint density at radius 3 is 2.64 bits per heavy atom. The van der Waals surface area contributed by atoms with Crippen LogP contribution in [0.2, 0.25) is 0 Å². The van der Waals surface area contributed by atoms with E-state index in [0.29, 0.717) is 31.6 Å². The summed E-state index contributed by atoms with van der Waals surface area (Å²) in [5, 5.41) is 2.91. The number of ether oxygens (including phenoxy) is 2. The highest BCUT2D eigenvalue weighted by atomic mass is 16.5. The highest BCUT2D eigenvalue weighted by Gasteiger charge is 2.13. The average Bonchev–Trinajstić information content (AvgIpc) is 3.34. The van der Waals surface area contributed by atoms with Crippen LogP contribution in [0.4, 0.5) is 0 Å². The summed E-state index contributed by atoms with van der Waals surface area (Å²) < 4.78 is 13.0. The van der Waals surface area contributed by atoms with Gasteiger partial charge in [-0.25, -0.2) is 4.98 Å². The Hall–Kier alpha value is -4.20. The molecular formula is C28H30N4O4. The number of carbonyl (C=O) groups excluding carboxylic acids is 2. The molecule has 186 valence electrons. The van der Waals surface area contributed by atoms with E-state index in [0.717, 1.165) is 34.5 Å². The fourth-order valence-corrected chi connectivity index (χ4v) is 3.88. The molecule has 8 nitrogen and oxygen atoms in total. The molecule has 1 amide bonds. The quantitative estimate of drug-likeness (QED) is 0.305. The van der Waals surface area contributed by atoms with Crippen LogP contribution in [0.3, 0.4) is 0 Å². The number of carbonyl (C=O) groups is 2. The molecule has 2 aromatic heterocycles. The van der Waals surface area contributed by atoms with Crippen molar-refractivity contribution in [3.05, 3.63) is 84.4 Å². The molecule has 0 saturated carbocycles. The first-order valence-electron chi connectivity index (χ1n) is 12.1. The Kier molecular flexibility index (Phi) is 8.28. The third kappa shape index (κ3) is 6.27. The van der Waals surface area contributed by atoms with Crippen molar-refractivity contribution in [2.24, 2.45) is 0 Å². The van der Waals surface area contributed by atoms with E-state index in [2.05, 4.69) is 15.3 Å². The van der Waals surface area contributed by atoms with Crippen molar-refractivity contribution < 1.29 is 19.1 Å². The van der Waals surface area contributed by atoms with Gasteiger partial charge in [0.25, 0.3) is 5.91 Å². The van der Waals surface area contributed by atoms with Crippen LogP contribution >= 0.6 is 0 Å². The van der Waals surface area contributed by atoms with Crippen LogP contribution in [0.15, 0.2) is 73.3 Å². The minimum Gasteiger partial charge on any atom is -0.490 e. The Morgan fingerprint density at radius 1 is 1.08 bits per heavy atom. The third-order valence-electron chi connectivity index (χ3n) is 5.83. The van der Waals surface area contributed by atoms with Gasteiger partial charge < -0.3 is 14.8 Å². The maximum absolute atomic E-state index is 12.6. The summed E-state index contributed by atoms with van der Waals surface area (Å²) in [6, 6.07) is 17.0. The third-order valence-corrected chi connectivity index (χ3v) is 5.83. The summed E-state index contributed by atoms with van der Waals surface area (Å²) in [6.07, 6.45) is 6.87. The number of benzene rings is 2. The molecule has 4 aromatic rings. The lowest BCUT2D eigenvalue weighted by Gasteiger charge is -2.17. The van der Waals surface area contributed by atoms with Crippen molar-refractivity contribution in [1.29, 1.82) is 0 Å². The number of nitrogens with one attached hydrogen (secondary N) is 1. The molecule has 1 atom stereocenters. The standard InChI is InChI=1S/C28H30N4O4/c1-3-23(12-14-27(33)35-4-2)36-24-10-8-22(9-11-24)32-19-31-25-16-21(7-13-26(25)32)28(34)30-18-20-6-5-15-29-17-20/h5-11,13,15-17,19,23H,3-4,12,14,18H2,1-2H3,(H,30,34). The van der Waals surface area contributed by atoms with E-state index in [4.69, 9.17) is 9.47 Å². The Bertz CT molecular complexity index is 1300. The Morgan fingerprint density at radius 2 is 1.92 bits per heavy atom. The largest absolute Gasteiger partial charge is 0.490 e. The van der Waals surface area contributed by atoms with E-state index in [-0.39, 0.29) is 18.0 Å². The Labute approximate surface area is 210 Å². The summed E-state index contributed by atoms with van der Waals surface area (Å²) in [4.78, 5) is 32.8. The molecule has 0 spiro atoms. The van der Waals surface area contributed by atoms with Gasteiger partial charge in [0, 0.05) is 36.6 Å². The van der Waals surface area contributed by atoms with Crippen LogP contribution < -0.4 is 10.1 Å². The second kappa shape index (κ2) is 12.0. The van der Waals surface area contributed by atoms with Crippen LogP contribution in [-0.2, 0) is 16.1 Å². The van der Waals surface area contributed by atoms with Gasteiger partial charge in [-0.15, -0.1) is 0 Å². The number of fused-ring (bicyclic) bond motifs is 1. The summed E-state index contributed by atoms with van der Waals surface area (Å²) in [6.45, 7) is 4.64. The van der Waals surface area contributed by atoms with Gasteiger partial charge in [0.2, 0.25) is 0 Å². The van der Waals surface area contributed by atoms with Gasteiger partial charge in [-0.3, -0.25) is 19.1 Å². The first-order valence-corrected chi connectivity index (χ1v) is 12.1. The molecule has 36 heavy (non-hydrogen) atoms. The molecule has 1 N–H and O–H groups in total. The first-order chi connectivity index (χ1) is 17.6. The van der Waals surface area contributed by atoms with Crippen molar-refractivity contribution in [2.75, 3.05) is 6.61 Å². The van der Waals surface area contributed by atoms with Crippen LogP contribution in [0.5, 0.6) is 5.75 Å². The molecule has 0 radical (unpaired) electrons. The lowest BCUT2D eigenvalue weighted by molar-refractivity contribution is -0.143. The number of rotatable bonds is 11. The van der Waals surface area contributed by atoms with Crippen LogP contribution in [0, 0.1) is 0 Å². The number of pyridine rings is 1. The molecule has 0 fully saturated rings. The van der Waals surface area contributed by atoms with Crippen molar-refractivity contribution in [3.63, 3.8) is 0 Å². The van der Waals surface area contributed by atoms with Gasteiger partial charge >= 0.3 is 5.97 Å². The summed E-state index contributed by atoms with van der Waals surface area (Å²) in [5.74, 6) is 0.382. The number of nitrogens with zero attached hydrogens (tertiary/aromatic N) is 3. The maximum Gasteiger partial charge on any atom is 0.305 e. The fourth-order valence-electron chi connectivity index (χ4n) is 3.88. The van der Waals surface area contributed by atoms with Crippen molar-refractivity contribution >= 4 is 22.9 Å². The van der Waals surface area contributed by atoms with Crippen LogP contribution in [0.1, 0.15) is 49.0 Å². The second-order valence-electron chi connectivity index (χ2n) is 8.35. The van der Waals surface area contributed by atoms with E-state index >= 15 is 0 Å². The van der Waals surface area contributed by atoms with E-state index < -0.39 is 0 Å². The summed E-state index contributed by atoms with van der Waals surface area (Å²) in [5.41, 5.74) is 4.04. The molecule has 0 bridgehead atoms. The Balaban J connectivity index is 1.40. The zero-order valence-electron chi connectivity index (χ0n) is 20.5. The van der Waals surface area contributed by atoms with Crippen molar-refractivity contribution in [1.82, 2.24) is 19.9 Å². The molecule has 2 aromatic carbocycles. The van der Waals surface area contributed by atoms with Gasteiger partial charge in [0.15, 0.2) is 0 Å². The molecular weight excluding hydrogens is 456 g/mol. The predicted octanol–water partition coefficient (Wildman–Crippen LogP) is 4.85. The average molecular weight is 487 g/mol.